The molecule has 0 saturated carbocycles. The Balaban J connectivity index is 1.38. The van der Waals surface area contributed by atoms with Crippen molar-refractivity contribution in [2.75, 3.05) is 13.1 Å². The van der Waals surface area contributed by atoms with Gasteiger partial charge in [0.1, 0.15) is 23.6 Å². The maximum Gasteiger partial charge on any atom is 0.341 e. The lowest BCUT2D eigenvalue weighted by atomic mass is 10.0. The van der Waals surface area contributed by atoms with Gasteiger partial charge in [-0.25, -0.2) is 28.0 Å². The first-order chi connectivity index (χ1) is 13.0. The minimum Gasteiger partial charge on any atom is -0.471 e. The van der Waals surface area contributed by atoms with Crippen LogP contribution in [0.5, 0.6) is 5.88 Å². The third kappa shape index (κ3) is 3.57. The van der Waals surface area contributed by atoms with Crippen molar-refractivity contribution in [3.63, 3.8) is 0 Å². The summed E-state index contributed by atoms with van der Waals surface area (Å²) in [7, 11) is 0. The van der Waals surface area contributed by atoms with E-state index in [1.807, 2.05) is 0 Å². The van der Waals surface area contributed by atoms with Crippen LogP contribution in [0.1, 0.15) is 18.0 Å². The third-order valence-corrected chi connectivity index (χ3v) is 4.40. The van der Waals surface area contributed by atoms with Gasteiger partial charge in [0.25, 0.3) is 0 Å². The van der Waals surface area contributed by atoms with Gasteiger partial charge in [0.05, 0.1) is 25.3 Å². The van der Waals surface area contributed by atoms with Crippen LogP contribution in [-0.4, -0.2) is 46.3 Å². The Kier molecular flexibility index (Phi) is 4.43. The number of urea groups is 1. The van der Waals surface area contributed by atoms with Crippen LogP contribution in [0.15, 0.2) is 41.6 Å². The molecule has 2 aliphatic rings. The highest BCUT2D eigenvalue weighted by Gasteiger charge is 2.39. The first kappa shape index (κ1) is 17.3. The van der Waals surface area contributed by atoms with Crippen molar-refractivity contribution in [2.45, 2.75) is 18.6 Å². The average molecular weight is 376 g/mol. The molecular formula is C18H15F3N4O2. The number of carbonyl (C=O) groups excluding carboxylic acids is 1. The van der Waals surface area contributed by atoms with Crippen molar-refractivity contribution in [1.29, 1.82) is 0 Å². The van der Waals surface area contributed by atoms with E-state index in [-0.39, 0.29) is 18.0 Å². The predicted molar refractivity (Wildman–Crippen MR) is 89.6 cm³/mol. The van der Waals surface area contributed by atoms with Crippen molar-refractivity contribution < 1.29 is 22.7 Å². The van der Waals surface area contributed by atoms with Crippen molar-refractivity contribution in [2.24, 2.45) is 5.10 Å². The lowest BCUT2D eigenvalue weighted by Crippen LogP contribution is -2.58. The molecule has 0 bridgehead atoms. The zero-order valence-corrected chi connectivity index (χ0v) is 14.1. The van der Waals surface area contributed by atoms with Crippen LogP contribution in [0, 0.1) is 17.5 Å². The summed E-state index contributed by atoms with van der Waals surface area (Å²) in [6, 6.07) is 4.92. The Morgan fingerprint density at radius 3 is 2.48 bits per heavy atom. The number of hydrogen-bond donors (Lipinski definition) is 0. The van der Waals surface area contributed by atoms with E-state index < -0.39 is 23.5 Å². The highest BCUT2D eigenvalue weighted by molar-refractivity contribution is 5.79. The first-order valence-electron chi connectivity index (χ1n) is 8.34. The molecule has 27 heavy (non-hydrogen) atoms. The highest BCUT2D eigenvalue weighted by Crippen LogP contribution is 2.31. The number of hydrogen-bond acceptors (Lipinski definition) is 4. The van der Waals surface area contributed by atoms with Gasteiger partial charge in [0, 0.05) is 24.8 Å². The van der Waals surface area contributed by atoms with Crippen LogP contribution in [-0.2, 0) is 0 Å². The number of amides is 2. The minimum absolute atomic E-state index is 0.261. The fraction of sp³-hybridized carbons (Fsp3) is 0.278. The van der Waals surface area contributed by atoms with E-state index in [9.17, 15) is 18.0 Å². The molecule has 2 aliphatic heterocycles. The summed E-state index contributed by atoms with van der Waals surface area (Å²) >= 11 is 0. The van der Waals surface area contributed by atoms with Crippen LogP contribution in [0.4, 0.5) is 18.0 Å². The van der Waals surface area contributed by atoms with E-state index >= 15 is 0 Å². The summed E-state index contributed by atoms with van der Waals surface area (Å²) < 4.78 is 45.4. The van der Waals surface area contributed by atoms with Gasteiger partial charge in [0.15, 0.2) is 0 Å². The standard InChI is InChI=1S/C18H15F3N4O2/c19-12-1-2-17(22-8-12)27-15-9-24(10-15)18(26)25-16(3-4-23-25)11-5-13(20)7-14(21)6-11/h1-2,4-8,15-16H,3,9-10H2/t16-/m0/s1. The topological polar surface area (TPSA) is 58.0 Å². The molecular weight excluding hydrogens is 361 g/mol. The van der Waals surface area contributed by atoms with E-state index in [0.717, 1.165) is 12.3 Å². The molecule has 9 heteroatoms. The van der Waals surface area contributed by atoms with Gasteiger partial charge in [-0.15, -0.1) is 0 Å². The second-order valence-electron chi connectivity index (χ2n) is 6.34. The Hall–Kier alpha value is -3.10. The number of benzene rings is 1. The van der Waals surface area contributed by atoms with Gasteiger partial charge in [-0.05, 0) is 23.8 Å². The summed E-state index contributed by atoms with van der Waals surface area (Å²) in [5.41, 5.74) is 0.349. The van der Waals surface area contributed by atoms with Crippen LogP contribution in [0.3, 0.4) is 0 Å². The summed E-state index contributed by atoms with van der Waals surface area (Å²) in [4.78, 5) is 18.0. The largest absolute Gasteiger partial charge is 0.471 e. The van der Waals surface area contributed by atoms with Gasteiger partial charge < -0.3 is 9.64 Å². The molecule has 1 aromatic heterocycles. The monoisotopic (exact) mass is 376 g/mol. The summed E-state index contributed by atoms with van der Waals surface area (Å²) in [6.45, 7) is 0.627. The number of rotatable bonds is 3. The zero-order chi connectivity index (χ0) is 19.0. The van der Waals surface area contributed by atoms with E-state index in [4.69, 9.17) is 4.74 Å². The van der Waals surface area contributed by atoms with Gasteiger partial charge >= 0.3 is 6.03 Å². The van der Waals surface area contributed by atoms with Crippen LogP contribution >= 0.6 is 0 Å². The molecule has 4 rings (SSSR count). The zero-order valence-electron chi connectivity index (χ0n) is 14.1. The third-order valence-electron chi connectivity index (χ3n) is 4.40. The number of likely N-dealkylation sites (tertiary alicyclic amines) is 1. The molecule has 1 saturated heterocycles. The van der Waals surface area contributed by atoms with E-state index in [0.29, 0.717) is 25.1 Å². The van der Waals surface area contributed by atoms with Crippen LogP contribution in [0.25, 0.3) is 0 Å². The smallest absolute Gasteiger partial charge is 0.341 e. The molecule has 0 N–H and O–H groups in total. The maximum absolute atomic E-state index is 13.5. The maximum atomic E-state index is 13.5. The van der Waals surface area contributed by atoms with E-state index in [1.54, 1.807) is 6.21 Å². The second-order valence-corrected chi connectivity index (χ2v) is 6.34. The SMILES string of the molecule is O=C(N1CC(Oc2ccc(F)cn2)C1)N1N=CC[C@H]1c1cc(F)cc(F)c1. The Bertz CT molecular complexity index is 864. The second kappa shape index (κ2) is 6.90. The van der Waals surface area contributed by atoms with Crippen LogP contribution < -0.4 is 4.74 Å². The van der Waals surface area contributed by atoms with Crippen molar-refractivity contribution in [3.8, 4) is 5.88 Å². The molecule has 6 nitrogen and oxygen atoms in total. The Labute approximate surface area is 152 Å². The molecule has 3 heterocycles. The lowest BCUT2D eigenvalue weighted by molar-refractivity contribution is 0.0252. The number of aromatic nitrogens is 1. The Morgan fingerprint density at radius 2 is 1.81 bits per heavy atom. The summed E-state index contributed by atoms with van der Waals surface area (Å²) in [5, 5.41) is 5.27. The number of ether oxygens (including phenoxy) is 1. The Morgan fingerprint density at radius 1 is 1.07 bits per heavy atom. The fourth-order valence-electron chi connectivity index (χ4n) is 3.06. The normalized spacial score (nSPS) is 19.3. The quantitative estimate of drug-likeness (QED) is 0.827. The fourth-order valence-corrected chi connectivity index (χ4v) is 3.06. The van der Waals surface area contributed by atoms with Gasteiger partial charge in [-0.1, -0.05) is 0 Å². The molecule has 0 spiro atoms. The lowest BCUT2D eigenvalue weighted by Gasteiger charge is -2.40. The minimum atomic E-state index is -0.700. The molecule has 0 radical (unpaired) electrons. The molecule has 1 aromatic carbocycles. The molecule has 2 aromatic rings. The van der Waals surface area contributed by atoms with Crippen molar-refractivity contribution in [3.05, 3.63) is 59.5 Å². The van der Waals surface area contributed by atoms with Gasteiger partial charge in [0.2, 0.25) is 5.88 Å². The van der Waals surface area contributed by atoms with E-state index in [2.05, 4.69) is 10.1 Å². The number of halogens is 3. The van der Waals surface area contributed by atoms with Gasteiger partial charge in [-0.3, -0.25) is 0 Å². The van der Waals surface area contributed by atoms with Crippen molar-refractivity contribution in [1.82, 2.24) is 14.9 Å². The van der Waals surface area contributed by atoms with E-state index in [1.165, 1.54) is 34.2 Å². The molecule has 2 amide bonds. The molecule has 1 fully saturated rings. The average Bonchev–Trinajstić information content (AvgIpc) is 3.08. The van der Waals surface area contributed by atoms with Crippen molar-refractivity contribution >= 4 is 12.2 Å². The van der Waals surface area contributed by atoms with Gasteiger partial charge in [-0.2, -0.15) is 5.10 Å². The summed E-state index contributed by atoms with van der Waals surface area (Å²) in [6.07, 6.45) is 2.71. The number of carbonyl (C=O) groups is 1. The highest BCUT2D eigenvalue weighted by atomic mass is 19.1. The first-order valence-corrected chi connectivity index (χ1v) is 8.34. The number of pyridine rings is 1. The molecule has 140 valence electrons. The predicted octanol–water partition coefficient (Wildman–Crippen LogP) is 3.11. The van der Waals surface area contributed by atoms with Crippen LogP contribution in [0.2, 0.25) is 0 Å². The summed E-state index contributed by atoms with van der Waals surface area (Å²) in [5.74, 6) is -1.58. The number of nitrogens with zero attached hydrogens (tertiary/aromatic N) is 4. The molecule has 0 aliphatic carbocycles. The molecule has 0 unspecified atom stereocenters. The molecule has 1 atom stereocenters. The number of hydrazone groups is 1.